The molecule has 2 rings (SSSR count). The van der Waals surface area contributed by atoms with Gasteiger partial charge in [-0.05, 0) is 38.1 Å². The van der Waals surface area contributed by atoms with E-state index in [1.165, 1.54) is 6.07 Å². The third kappa shape index (κ3) is 5.19. The van der Waals surface area contributed by atoms with Crippen LogP contribution in [0.3, 0.4) is 0 Å². The van der Waals surface area contributed by atoms with Gasteiger partial charge in [-0.2, -0.15) is 0 Å². The van der Waals surface area contributed by atoms with Gasteiger partial charge in [0.2, 0.25) is 5.91 Å². The normalized spacial score (nSPS) is 15.9. The van der Waals surface area contributed by atoms with Gasteiger partial charge in [-0.1, -0.05) is 12.1 Å². The number of rotatable bonds is 7. The van der Waals surface area contributed by atoms with Gasteiger partial charge in [0.05, 0.1) is 19.0 Å². The number of likely N-dealkylation sites (tertiary alicyclic amines) is 1. The van der Waals surface area contributed by atoms with Crippen molar-refractivity contribution < 1.29 is 23.8 Å². The van der Waals surface area contributed by atoms with Crippen molar-refractivity contribution in [3.8, 4) is 5.75 Å². The summed E-state index contributed by atoms with van der Waals surface area (Å²) in [5.74, 6) is -1.37. The van der Waals surface area contributed by atoms with E-state index in [-0.39, 0.29) is 30.7 Å². The average Bonchev–Trinajstić information content (AvgIpc) is 2.57. The number of piperidine rings is 1. The van der Waals surface area contributed by atoms with E-state index in [9.17, 15) is 14.0 Å². The first-order valence-electron chi connectivity index (χ1n) is 8.04. The Labute approximate surface area is 140 Å². The number of carbonyl (C=O) groups excluding carboxylic acids is 1. The summed E-state index contributed by atoms with van der Waals surface area (Å²) in [5, 5.41) is 8.97. The molecule has 0 saturated carbocycles. The van der Waals surface area contributed by atoms with Crippen molar-refractivity contribution in [2.75, 3.05) is 39.8 Å². The first-order chi connectivity index (χ1) is 11.5. The molecule has 132 valence electrons. The Hall–Kier alpha value is -2.15. The van der Waals surface area contributed by atoms with Crippen molar-refractivity contribution in [3.63, 3.8) is 0 Å². The molecule has 0 aliphatic carbocycles. The molecule has 1 aromatic rings. The van der Waals surface area contributed by atoms with Crippen LogP contribution in [0.1, 0.15) is 12.8 Å². The SMILES string of the molecule is CN(CCOc1ccccc1F)C(=O)CN1CCC(C(=O)O)CC1. The number of halogens is 1. The lowest BCUT2D eigenvalue weighted by atomic mass is 9.97. The van der Waals surface area contributed by atoms with Gasteiger partial charge in [-0.25, -0.2) is 4.39 Å². The average molecular weight is 338 g/mol. The topological polar surface area (TPSA) is 70.1 Å². The number of benzene rings is 1. The van der Waals surface area contributed by atoms with Crippen LogP contribution in [0.5, 0.6) is 5.75 Å². The second-order valence-electron chi connectivity index (χ2n) is 5.98. The summed E-state index contributed by atoms with van der Waals surface area (Å²) in [4.78, 5) is 26.6. The lowest BCUT2D eigenvalue weighted by Gasteiger charge is -2.30. The maximum absolute atomic E-state index is 13.4. The Morgan fingerprint density at radius 2 is 2.00 bits per heavy atom. The standard InChI is InChI=1S/C17H23FN2O4/c1-19(10-11-24-15-5-3-2-4-14(15)18)16(21)12-20-8-6-13(7-9-20)17(22)23/h2-5,13H,6-12H2,1H3,(H,22,23). The molecule has 0 radical (unpaired) electrons. The number of nitrogens with zero attached hydrogens (tertiary/aromatic N) is 2. The highest BCUT2D eigenvalue weighted by Crippen LogP contribution is 2.17. The van der Waals surface area contributed by atoms with E-state index in [4.69, 9.17) is 9.84 Å². The number of carbonyl (C=O) groups is 2. The summed E-state index contributed by atoms with van der Waals surface area (Å²) >= 11 is 0. The summed E-state index contributed by atoms with van der Waals surface area (Å²) in [5.41, 5.74) is 0. The van der Waals surface area contributed by atoms with E-state index in [2.05, 4.69) is 0 Å². The quantitative estimate of drug-likeness (QED) is 0.815. The molecule has 1 aliphatic heterocycles. The van der Waals surface area contributed by atoms with E-state index in [1.807, 2.05) is 4.90 Å². The molecule has 0 spiro atoms. The van der Waals surface area contributed by atoms with Crippen LogP contribution in [0.4, 0.5) is 4.39 Å². The summed E-state index contributed by atoms with van der Waals surface area (Å²) in [7, 11) is 1.68. The molecule has 1 amide bonds. The molecule has 1 aromatic carbocycles. The summed E-state index contributed by atoms with van der Waals surface area (Å²) in [6.07, 6.45) is 1.14. The molecule has 24 heavy (non-hydrogen) atoms. The first kappa shape index (κ1) is 18.2. The lowest BCUT2D eigenvalue weighted by molar-refractivity contribution is -0.143. The molecule has 1 N–H and O–H groups in total. The fourth-order valence-corrected chi connectivity index (χ4v) is 2.63. The van der Waals surface area contributed by atoms with E-state index < -0.39 is 11.8 Å². The Morgan fingerprint density at radius 1 is 1.33 bits per heavy atom. The lowest BCUT2D eigenvalue weighted by Crippen LogP contribution is -2.44. The van der Waals surface area contributed by atoms with Crippen molar-refractivity contribution in [2.45, 2.75) is 12.8 Å². The second-order valence-corrected chi connectivity index (χ2v) is 5.98. The molecule has 6 nitrogen and oxygen atoms in total. The highest BCUT2D eigenvalue weighted by molar-refractivity contribution is 5.78. The predicted octanol–water partition coefficient (Wildman–Crippen LogP) is 1.46. The van der Waals surface area contributed by atoms with Crippen molar-refractivity contribution in [1.29, 1.82) is 0 Å². The minimum absolute atomic E-state index is 0.0547. The van der Waals surface area contributed by atoms with Gasteiger partial charge in [0.25, 0.3) is 0 Å². The van der Waals surface area contributed by atoms with Crippen molar-refractivity contribution in [3.05, 3.63) is 30.1 Å². The van der Waals surface area contributed by atoms with Gasteiger partial charge in [0.1, 0.15) is 6.61 Å². The fraction of sp³-hybridized carbons (Fsp3) is 0.529. The number of hydrogen-bond donors (Lipinski definition) is 1. The molecule has 0 aromatic heterocycles. The van der Waals surface area contributed by atoms with E-state index in [0.717, 1.165) is 0 Å². The molecule has 1 fully saturated rings. The smallest absolute Gasteiger partial charge is 0.306 e. The molecule has 7 heteroatoms. The highest BCUT2D eigenvalue weighted by Gasteiger charge is 2.25. The Kier molecular flexibility index (Phi) is 6.54. The minimum Gasteiger partial charge on any atom is -0.489 e. The van der Waals surface area contributed by atoms with Crippen LogP contribution in [0.15, 0.2) is 24.3 Å². The van der Waals surface area contributed by atoms with E-state index in [1.54, 1.807) is 30.1 Å². The van der Waals surface area contributed by atoms with Crippen LogP contribution in [-0.4, -0.2) is 66.6 Å². The van der Waals surface area contributed by atoms with Crippen LogP contribution in [0.2, 0.25) is 0 Å². The summed E-state index contributed by atoms with van der Waals surface area (Å²) in [6, 6.07) is 6.15. The number of carboxylic acids is 1. The number of ether oxygens (including phenoxy) is 1. The second kappa shape index (κ2) is 8.63. The van der Waals surface area contributed by atoms with Gasteiger partial charge in [0.15, 0.2) is 11.6 Å². The van der Waals surface area contributed by atoms with Crippen LogP contribution < -0.4 is 4.74 Å². The largest absolute Gasteiger partial charge is 0.489 e. The third-order valence-corrected chi connectivity index (χ3v) is 4.24. The highest BCUT2D eigenvalue weighted by atomic mass is 19.1. The number of carboxylic acid groups (broad SMARTS) is 1. The summed E-state index contributed by atoms with van der Waals surface area (Å²) < 4.78 is 18.8. The number of para-hydroxylation sites is 1. The van der Waals surface area contributed by atoms with E-state index >= 15 is 0 Å². The van der Waals surface area contributed by atoms with Crippen LogP contribution >= 0.6 is 0 Å². The van der Waals surface area contributed by atoms with Crippen LogP contribution in [0, 0.1) is 11.7 Å². The van der Waals surface area contributed by atoms with Gasteiger partial charge >= 0.3 is 5.97 Å². The number of amides is 1. The molecule has 1 saturated heterocycles. The minimum atomic E-state index is -0.761. The van der Waals surface area contributed by atoms with Crippen LogP contribution in [0.25, 0.3) is 0 Å². The molecule has 1 aliphatic rings. The molecule has 0 atom stereocenters. The number of likely N-dealkylation sites (N-methyl/N-ethyl adjacent to an activating group) is 1. The van der Waals surface area contributed by atoms with Gasteiger partial charge in [-0.15, -0.1) is 0 Å². The zero-order chi connectivity index (χ0) is 17.5. The molecule has 0 bridgehead atoms. The maximum Gasteiger partial charge on any atom is 0.306 e. The Balaban J connectivity index is 1.69. The Morgan fingerprint density at radius 3 is 2.62 bits per heavy atom. The third-order valence-electron chi connectivity index (χ3n) is 4.24. The van der Waals surface area contributed by atoms with Crippen LogP contribution in [-0.2, 0) is 9.59 Å². The number of hydrogen-bond acceptors (Lipinski definition) is 4. The fourth-order valence-electron chi connectivity index (χ4n) is 2.63. The number of aliphatic carboxylic acids is 1. The van der Waals surface area contributed by atoms with E-state index in [0.29, 0.717) is 32.5 Å². The predicted molar refractivity (Wildman–Crippen MR) is 86.3 cm³/mol. The maximum atomic E-state index is 13.4. The van der Waals surface area contributed by atoms with Crippen molar-refractivity contribution in [1.82, 2.24) is 9.80 Å². The molecule has 1 heterocycles. The van der Waals surface area contributed by atoms with Crippen molar-refractivity contribution in [2.24, 2.45) is 5.92 Å². The molecule has 0 unspecified atom stereocenters. The molecular weight excluding hydrogens is 315 g/mol. The van der Waals surface area contributed by atoms with Gasteiger partial charge in [0, 0.05) is 7.05 Å². The zero-order valence-corrected chi connectivity index (χ0v) is 13.8. The monoisotopic (exact) mass is 338 g/mol. The summed E-state index contributed by atoms with van der Waals surface area (Å²) in [6.45, 7) is 2.07. The molecular formula is C17H23FN2O4. The zero-order valence-electron chi connectivity index (χ0n) is 13.8. The Bertz CT molecular complexity index is 573. The van der Waals surface area contributed by atoms with Crippen molar-refractivity contribution >= 4 is 11.9 Å². The van der Waals surface area contributed by atoms with Gasteiger partial charge in [-0.3, -0.25) is 14.5 Å². The van der Waals surface area contributed by atoms with Gasteiger partial charge < -0.3 is 14.7 Å². The first-order valence-corrected chi connectivity index (χ1v) is 8.04.